The molecule has 0 aliphatic rings. The molecule has 17 heavy (non-hydrogen) atoms. The van der Waals surface area contributed by atoms with Crippen LogP contribution in [0.4, 0.5) is 0 Å². The number of aliphatic hydroxyl groups is 1. The van der Waals surface area contributed by atoms with E-state index in [4.69, 9.17) is 10.2 Å². The lowest BCUT2D eigenvalue weighted by atomic mass is 10.0. The summed E-state index contributed by atoms with van der Waals surface area (Å²) in [5, 5.41) is 17.5. The Morgan fingerprint density at radius 2 is 1.29 bits per heavy atom. The summed E-state index contributed by atoms with van der Waals surface area (Å²) in [5.74, 6) is -1.10. The number of aliphatic hydroxyl groups excluding tert-OH is 1. The highest BCUT2D eigenvalue weighted by Crippen LogP contribution is 2.11. The Hall–Kier alpha value is -0.570. The highest BCUT2D eigenvalue weighted by atomic mass is 16.4. The van der Waals surface area contributed by atoms with E-state index in [9.17, 15) is 4.79 Å². The summed E-state index contributed by atoms with van der Waals surface area (Å²) >= 11 is 0. The Labute approximate surface area is 105 Å². The van der Waals surface area contributed by atoms with Gasteiger partial charge in [-0.1, -0.05) is 71.1 Å². The largest absolute Gasteiger partial charge is 0.479 e. The molecule has 3 heteroatoms. The number of hydrogen-bond donors (Lipinski definition) is 2. The van der Waals surface area contributed by atoms with Crippen molar-refractivity contribution in [2.24, 2.45) is 0 Å². The van der Waals surface area contributed by atoms with Crippen LogP contribution in [-0.4, -0.2) is 22.3 Å². The molecule has 2 N–H and O–H groups in total. The number of rotatable bonds is 12. The molecule has 0 aromatic carbocycles. The van der Waals surface area contributed by atoms with Crippen LogP contribution in [0.1, 0.15) is 77.6 Å². The van der Waals surface area contributed by atoms with Crippen molar-refractivity contribution >= 4 is 5.97 Å². The van der Waals surface area contributed by atoms with Gasteiger partial charge in [-0.2, -0.15) is 0 Å². The molecule has 1 unspecified atom stereocenters. The Bertz CT molecular complexity index is 180. The molecule has 0 aromatic heterocycles. The van der Waals surface area contributed by atoms with E-state index in [1.54, 1.807) is 0 Å². The number of carbonyl (C=O) groups is 1. The Balaban J connectivity index is 3.06. The van der Waals surface area contributed by atoms with Crippen molar-refractivity contribution in [2.45, 2.75) is 83.7 Å². The van der Waals surface area contributed by atoms with E-state index in [0.29, 0.717) is 6.42 Å². The zero-order valence-corrected chi connectivity index (χ0v) is 11.2. The maximum atomic E-state index is 10.3. The van der Waals surface area contributed by atoms with Gasteiger partial charge in [-0.25, -0.2) is 4.79 Å². The predicted octanol–water partition coefficient (Wildman–Crippen LogP) is 3.74. The molecule has 0 heterocycles. The molecular weight excluding hydrogens is 216 g/mol. The molecule has 0 fully saturated rings. The summed E-state index contributed by atoms with van der Waals surface area (Å²) in [5.41, 5.74) is 0. The fraction of sp³-hybridized carbons (Fsp3) is 0.929. The molecule has 0 bridgehead atoms. The van der Waals surface area contributed by atoms with Gasteiger partial charge in [0.25, 0.3) is 0 Å². The van der Waals surface area contributed by atoms with Crippen LogP contribution < -0.4 is 0 Å². The first-order valence-corrected chi connectivity index (χ1v) is 7.09. The van der Waals surface area contributed by atoms with Crippen LogP contribution in [0.15, 0.2) is 0 Å². The van der Waals surface area contributed by atoms with Crippen LogP contribution in [0.25, 0.3) is 0 Å². The zero-order valence-electron chi connectivity index (χ0n) is 11.2. The third-order valence-electron chi connectivity index (χ3n) is 3.12. The molecule has 0 radical (unpaired) electrons. The van der Waals surface area contributed by atoms with Crippen molar-refractivity contribution in [3.63, 3.8) is 0 Å². The van der Waals surface area contributed by atoms with E-state index in [1.165, 1.54) is 51.4 Å². The van der Waals surface area contributed by atoms with E-state index in [1.807, 2.05) is 0 Å². The van der Waals surface area contributed by atoms with Crippen molar-refractivity contribution in [1.82, 2.24) is 0 Å². The maximum Gasteiger partial charge on any atom is 0.332 e. The van der Waals surface area contributed by atoms with Gasteiger partial charge in [-0.05, 0) is 6.42 Å². The minimum absolute atomic E-state index is 0.395. The van der Waals surface area contributed by atoms with Gasteiger partial charge in [0.15, 0.2) is 6.10 Å². The monoisotopic (exact) mass is 244 g/mol. The van der Waals surface area contributed by atoms with Crippen molar-refractivity contribution in [3.05, 3.63) is 0 Å². The smallest absolute Gasteiger partial charge is 0.332 e. The summed E-state index contributed by atoms with van der Waals surface area (Å²) in [6.45, 7) is 2.23. The van der Waals surface area contributed by atoms with Gasteiger partial charge >= 0.3 is 5.97 Å². The minimum atomic E-state index is -1.16. The first-order valence-electron chi connectivity index (χ1n) is 7.09. The molecule has 0 rings (SSSR count). The average Bonchev–Trinajstić information content (AvgIpc) is 2.31. The molecule has 0 aliphatic heterocycles. The Morgan fingerprint density at radius 1 is 0.882 bits per heavy atom. The van der Waals surface area contributed by atoms with Crippen LogP contribution in [-0.2, 0) is 4.79 Å². The third kappa shape index (κ3) is 11.7. The molecule has 0 amide bonds. The van der Waals surface area contributed by atoms with Gasteiger partial charge in [0.1, 0.15) is 0 Å². The molecule has 0 aliphatic carbocycles. The van der Waals surface area contributed by atoms with Crippen molar-refractivity contribution in [3.8, 4) is 0 Å². The van der Waals surface area contributed by atoms with Gasteiger partial charge in [0.05, 0.1) is 0 Å². The molecule has 0 aromatic rings. The van der Waals surface area contributed by atoms with Gasteiger partial charge in [0, 0.05) is 0 Å². The van der Waals surface area contributed by atoms with E-state index in [2.05, 4.69) is 6.92 Å². The quantitative estimate of drug-likeness (QED) is 0.514. The minimum Gasteiger partial charge on any atom is -0.479 e. The van der Waals surface area contributed by atoms with Crippen LogP contribution in [0, 0.1) is 0 Å². The second-order valence-electron chi connectivity index (χ2n) is 4.82. The van der Waals surface area contributed by atoms with E-state index in [0.717, 1.165) is 12.8 Å². The number of hydrogen-bond acceptors (Lipinski definition) is 2. The predicted molar refractivity (Wildman–Crippen MR) is 70.1 cm³/mol. The number of aliphatic carboxylic acids is 1. The van der Waals surface area contributed by atoms with Gasteiger partial charge in [-0.3, -0.25) is 0 Å². The Morgan fingerprint density at radius 3 is 1.71 bits per heavy atom. The third-order valence-corrected chi connectivity index (χ3v) is 3.12. The van der Waals surface area contributed by atoms with Gasteiger partial charge in [0.2, 0.25) is 0 Å². The SMILES string of the molecule is CCCCCCCCCCCCC(O)C(=O)O. The van der Waals surface area contributed by atoms with Crippen molar-refractivity contribution in [2.75, 3.05) is 0 Å². The number of unbranched alkanes of at least 4 members (excludes halogenated alkanes) is 9. The fourth-order valence-electron chi connectivity index (χ4n) is 1.95. The van der Waals surface area contributed by atoms with Gasteiger partial charge in [-0.15, -0.1) is 0 Å². The molecule has 0 spiro atoms. The first-order chi connectivity index (χ1) is 8.18. The fourth-order valence-corrected chi connectivity index (χ4v) is 1.95. The normalized spacial score (nSPS) is 12.6. The lowest BCUT2D eigenvalue weighted by Gasteiger charge is -2.05. The molecule has 0 saturated carbocycles. The highest BCUT2D eigenvalue weighted by Gasteiger charge is 2.11. The molecular formula is C14H28O3. The van der Waals surface area contributed by atoms with Crippen LogP contribution in [0.3, 0.4) is 0 Å². The Kier molecular flexibility index (Phi) is 11.5. The second kappa shape index (κ2) is 11.9. The molecule has 102 valence electrons. The van der Waals surface area contributed by atoms with Gasteiger partial charge < -0.3 is 10.2 Å². The summed E-state index contributed by atoms with van der Waals surface area (Å²) in [7, 11) is 0. The molecule has 3 nitrogen and oxygen atoms in total. The highest BCUT2D eigenvalue weighted by molar-refractivity contribution is 5.71. The summed E-state index contributed by atoms with van der Waals surface area (Å²) in [6.07, 6.45) is 11.5. The first kappa shape index (κ1) is 16.4. The lowest BCUT2D eigenvalue weighted by Crippen LogP contribution is -2.18. The van der Waals surface area contributed by atoms with E-state index in [-0.39, 0.29) is 0 Å². The summed E-state index contributed by atoms with van der Waals surface area (Å²) < 4.78 is 0. The molecule has 1 atom stereocenters. The van der Waals surface area contributed by atoms with Crippen LogP contribution in [0.2, 0.25) is 0 Å². The topological polar surface area (TPSA) is 57.5 Å². The van der Waals surface area contributed by atoms with Crippen molar-refractivity contribution < 1.29 is 15.0 Å². The summed E-state index contributed by atoms with van der Waals surface area (Å²) in [4.78, 5) is 10.3. The number of carboxylic acid groups (broad SMARTS) is 1. The maximum absolute atomic E-state index is 10.3. The zero-order chi connectivity index (χ0) is 12.9. The van der Waals surface area contributed by atoms with Crippen LogP contribution in [0.5, 0.6) is 0 Å². The van der Waals surface area contributed by atoms with E-state index >= 15 is 0 Å². The van der Waals surface area contributed by atoms with Crippen molar-refractivity contribution in [1.29, 1.82) is 0 Å². The standard InChI is InChI=1S/C14H28O3/c1-2-3-4-5-6-7-8-9-10-11-12-13(15)14(16)17/h13,15H,2-12H2,1H3,(H,16,17). The average molecular weight is 244 g/mol. The summed E-state index contributed by atoms with van der Waals surface area (Å²) in [6, 6.07) is 0. The second-order valence-corrected chi connectivity index (χ2v) is 4.82. The van der Waals surface area contributed by atoms with Crippen LogP contribution >= 0.6 is 0 Å². The lowest BCUT2D eigenvalue weighted by molar-refractivity contribution is -0.146. The molecule has 0 saturated heterocycles. The van der Waals surface area contributed by atoms with E-state index < -0.39 is 12.1 Å². The number of carboxylic acids is 1.